The second kappa shape index (κ2) is 5.81. The number of fused-ring (bicyclic) bond motifs is 1. The summed E-state index contributed by atoms with van der Waals surface area (Å²) < 4.78 is 5.24. The van der Waals surface area contributed by atoms with E-state index in [-0.39, 0.29) is 12.3 Å². The summed E-state index contributed by atoms with van der Waals surface area (Å²) in [7, 11) is 0. The highest BCUT2D eigenvalue weighted by atomic mass is 35.5. The van der Waals surface area contributed by atoms with Crippen LogP contribution in [-0.4, -0.2) is 11.1 Å². The molecule has 0 fully saturated rings. The molecule has 0 saturated heterocycles. The number of anilines is 1. The van der Waals surface area contributed by atoms with E-state index in [1.807, 2.05) is 44.2 Å². The summed E-state index contributed by atoms with van der Waals surface area (Å²) in [6.45, 7) is 3.93. The number of rotatable bonds is 3. The number of nitrogens with zero attached hydrogens (tertiary/aromatic N) is 1. The number of nitrogens with one attached hydrogen (secondary N) is 1. The van der Waals surface area contributed by atoms with Gasteiger partial charge in [-0.25, -0.2) is 0 Å². The summed E-state index contributed by atoms with van der Waals surface area (Å²) in [5.41, 5.74) is 4.04. The first-order valence-corrected chi connectivity index (χ1v) is 7.31. The highest BCUT2D eigenvalue weighted by molar-refractivity contribution is 6.33. The van der Waals surface area contributed by atoms with Crippen LogP contribution in [0.2, 0.25) is 5.02 Å². The summed E-state index contributed by atoms with van der Waals surface area (Å²) in [6, 6.07) is 11.3. The molecule has 2 aromatic carbocycles. The lowest BCUT2D eigenvalue weighted by Gasteiger charge is -2.07. The third kappa shape index (κ3) is 2.97. The van der Waals surface area contributed by atoms with E-state index in [1.165, 1.54) is 0 Å². The van der Waals surface area contributed by atoms with Crippen LogP contribution in [0.5, 0.6) is 0 Å². The number of halogens is 1. The fourth-order valence-corrected chi connectivity index (χ4v) is 2.58. The lowest BCUT2D eigenvalue weighted by Crippen LogP contribution is -2.15. The van der Waals surface area contributed by atoms with Gasteiger partial charge in [0.2, 0.25) is 5.91 Å². The van der Waals surface area contributed by atoms with E-state index in [9.17, 15) is 4.79 Å². The van der Waals surface area contributed by atoms with Crippen molar-refractivity contribution in [1.82, 2.24) is 5.16 Å². The SMILES string of the molecule is Cc1ccc(NC(=O)Cc2noc3ccc(C)cc23)c(Cl)c1. The zero-order valence-corrected chi connectivity index (χ0v) is 13.1. The summed E-state index contributed by atoms with van der Waals surface area (Å²) in [5, 5.41) is 8.18. The minimum atomic E-state index is -0.178. The van der Waals surface area contributed by atoms with Gasteiger partial charge in [0.15, 0.2) is 5.58 Å². The molecule has 0 aliphatic heterocycles. The molecule has 0 unspecified atom stereocenters. The molecule has 0 spiro atoms. The Morgan fingerprint density at radius 3 is 2.68 bits per heavy atom. The lowest BCUT2D eigenvalue weighted by atomic mass is 10.1. The molecule has 1 amide bonds. The molecule has 0 radical (unpaired) electrons. The molecule has 1 aromatic heterocycles. The van der Waals surface area contributed by atoms with Crippen LogP contribution in [0.25, 0.3) is 11.0 Å². The average molecular weight is 315 g/mol. The van der Waals surface area contributed by atoms with Crippen molar-refractivity contribution < 1.29 is 9.32 Å². The van der Waals surface area contributed by atoms with Gasteiger partial charge < -0.3 is 9.84 Å². The van der Waals surface area contributed by atoms with Crippen LogP contribution >= 0.6 is 11.6 Å². The third-order valence-corrected chi connectivity index (χ3v) is 3.74. The number of hydrogen-bond donors (Lipinski definition) is 1. The molecule has 0 atom stereocenters. The molecule has 3 rings (SSSR count). The van der Waals surface area contributed by atoms with Gasteiger partial charge in [-0.15, -0.1) is 0 Å². The standard InChI is InChI=1S/C17H15ClN2O2/c1-10-4-6-16-12(7-10)15(20-22-16)9-17(21)19-14-5-3-11(2)8-13(14)18/h3-8H,9H2,1-2H3,(H,19,21). The van der Waals surface area contributed by atoms with E-state index in [0.717, 1.165) is 16.5 Å². The Kier molecular flexibility index (Phi) is 3.86. The molecule has 112 valence electrons. The van der Waals surface area contributed by atoms with Crippen molar-refractivity contribution in [1.29, 1.82) is 0 Å². The number of benzene rings is 2. The van der Waals surface area contributed by atoms with E-state index in [2.05, 4.69) is 10.5 Å². The van der Waals surface area contributed by atoms with Gasteiger partial charge >= 0.3 is 0 Å². The van der Waals surface area contributed by atoms with Gasteiger partial charge in [-0.3, -0.25) is 4.79 Å². The first-order valence-electron chi connectivity index (χ1n) is 6.94. The topological polar surface area (TPSA) is 55.1 Å². The number of carbonyl (C=O) groups excluding carboxylic acids is 1. The molecule has 4 nitrogen and oxygen atoms in total. The van der Waals surface area contributed by atoms with Crippen LogP contribution in [0, 0.1) is 13.8 Å². The third-order valence-electron chi connectivity index (χ3n) is 3.43. The predicted octanol–water partition coefficient (Wildman–Crippen LogP) is 4.28. The Labute approximate surface area is 133 Å². The highest BCUT2D eigenvalue weighted by Crippen LogP contribution is 2.24. The van der Waals surface area contributed by atoms with Gasteiger partial charge in [-0.05, 0) is 43.7 Å². The minimum absolute atomic E-state index is 0.140. The van der Waals surface area contributed by atoms with Crippen LogP contribution in [0.4, 0.5) is 5.69 Å². The maximum atomic E-state index is 12.2. The monoisotopic (exact) mass is 314 g/mol. The summed E-state index contributed by atoms with van der Waals surface area (Å²) in [6.07, 6.45) is 0.140. The van der Waals surface area contributed by atoms with E-state index < -0.39 is 0 Å². The van der Waals surface area contributed by atoms with Crippen molar-refractivity contribution in [3.05, 3.63) is 58.2 Å². The van der Waals surface area contributed by atoms with Crippen LogP contribution in [0.3, 0.4) is 0 Å². The van der Waals surface area contributed by atoms with Gasteiger partial charge in [-0.1, -0.05) is 34.5 Å². The quantitative estimate of drug-likeness (QED) is 0.785. The number of amides is 1. The van der Waals surface area contributed by atoms with Gasteiger partial charge in [0, 0.05) is 5.39 Å². The zero-order chi connectivity index (χ0) is 15.7. The zero-order valence-electron chi connectivity index (χ0n) is 12.3. The highest BCUT2D eigenvalue weighted by Gasteiger charge is 2.13. The Morgan fingerprint density at radius 1 is 1.18 bits per heavy atom. The molecule has 0 saturated carbocycles. The number of aromatic nitrogens is 1. The maximum absolute atomic E-state index is 12.2. The van der Waals surface area contributed by atoms with Crippen molar-refractivity contribution >= 4 is 34.2 Å². The molecule has 0 aliphatic carbocycles. The Morgan fingerprint density at radius 2 is 1.91 bits per heavy atom. The van der Waals surface area contributed by atoms with E-state index >= 15 is 0 Å². The fraction of sp³-hybridized carbons (Fsp3) is 0.176. The molecular formula is C17H15ClN2O2. The lowest BCUT2D eigenvalue weighted by molar-refractivity contribution is -0.115. The number of hydrogen-bond acceptors (Lipinski definition) is 3. The van der Waals surface area contributed by atoms with Crippen LogP contribution in [-0.2, 0) is 11.2 Å². The van der Waals surface area contributed by atoms with Gasteiger partial charge in [0.1, 0.15) is 5.69 Å². The molecule has 0 bridgehead atoms. The minimum Gasteiger partial charge on any atom is -0.356 e. The van der Waals surface area contributed by atoms with E-state index in [4.69, 9.17) is 16.1 Å². The van der Waals surface area contributed by atoms with Crippen LogP contribution in [0.1, 0.15) is 16.8 Å². The summed E-state index contributed by atoms with van der Waals surface area (Å²) in [4.78, 5) is 12.2. The molecule has 5 heteroatoms. The van der Waals surface area contributed by atoms with Crippen molar-refractivity contribution in [2.45, 2.75) is 20.3 Å². The first-order chi connectivity index (χ1) is 10.5. The molecule has 0 aliphatic rings. The van der Waals surface area contributed by atoms with E-state index in [1.54, 1.807) is 6.07 Å². The largest absolute Gasteiger partial charge is 0.356 e. The second-order valence-corrected chi connectivity index (χ2v) is 5.74. The molecule has 1 N–H and O–H groups in total. The van der Waals surface area contributed by atoms with Gasteiger partial charge in [0.25, 0.3) is 0 Å². The van der Waals surface area contributed by atoms with E-state index in [0.29, 0.717) is 22.0 Å². The van der Waals surface area contributed by atoms with Crippen molar-refractivity contribution in [2.24, 2.45) is 0 Å². The smallest absolute Gasteiger partial charge is 0.230 e. The number of carbonyl (C=O) groups is 1. The molecule has 3 aromatic rings. The van der Waals surface area contributed by atoms with Gasteiger partial charge in [0.05, 0.1) is 17.1 Å². The Balaban J connectivity index is 1.79. The Hall–Kier alpha value is -2.33. The molecule has 1 heterocycles. The summed E-state index contributed by atoms with van der Waals surface area (Å²) in [5.74, 6) is -0.178. The maximum Gasteiger partial charge on any atom is 0.230 e. The second-order valence-electron chi connectivity index (χ2n) is 5.34. The summed E-state index contributed by atoms with van der Waals surface area (Å²) >= 11 is 6.12. The first kappa shape index (κ1) is 14.6. The van der Waals surface area contributed by atoms with Crippen LogP contribution < -0.4 is 5.32 Å². The van der Waals surface area contributed by atoms with Crippen molar-refractivity contribution in [2.75, 3.05) is 5.32 Å². The predicted molar refractivity (Wildman–Crippen MR) is 87.3 cm³/mol. The van der Waals surface area contributed by atoms with Crippen molar-refractivity contribution in [3.63, 3.8) is 0 Å². The molecule has 22 heavy (non-hydrogen) atoms. The number of aryl methyl sites for hydroxylation is 2. The normalized spacial score (nSPS) is 10.9. The fourth-order valence-electron chi connectivity index (χ4n) is 2.30. The molecular weight excluding hydrogens is 300 g/mol. The average Bonchev–Trinajstić information content (AvgIpc) is 2.84. The van der Waals surface area contributed by atoms with Crippen molar-refractivity contribution in [3.8, 4) is 0 Å². The van der Waals surface area contributed by atoms with Crippen LogP contribution in [0.15, 0.2) is 40.9 Å². The van der Waals surface area contributed by atoms with Gasteiger partial charge in [-0.2, -0.15) is 0 Å². The Bertz CT molecular complexity index is 855.